The van der Waals surface area contributed by atoms with Crippen molar-refractivity contribution < 1.29 is 4.39 Å². The standard InChI is InChI=1S/C14H12BrFN2S/c1-8-2-4-10(15)7-13(8)18-12-5-3-9(14(17)19)6-11(12)16/h2-7,18H,1H3,(H2,17,19). The highest BCUT2D eigenvalue weighted by Gasteiger charge is 2.07. The van der Waals surface area contributed by atoms with E-state index >= 15 is 0 Å². The van der Waals surface area contributed by atoms with Crippen LogP contribution >= 0.6 is 28.1 Å². The maximum absolute atomic E-state index is 13.9. The molecule has 5 heteroatoms. The fourth-order valence-corrected chi connectivity index (χ4v) is 2.13. The number of hydrogen-bond donors (Lipinski definition) is 2. The number of aryl methyl sites for hydroxylation is 1. The zero-order valence-electron chi connectivity index (χ0n) is 10.2. The van der Waals surface area contributed by atoms with Gasteiger partial charge in [-0.15, -0.1) is 0 Å². The summed E-state index contributed by atoms with van der Waals surface area (Å²) < 4.78 is 14.9. The van der Waals surface area contributed by atoms with E-state index in [4.69, 9.17) is 18.0 Å². The smallest absolute Gasteiger partial charge is 0.147 e. The molecule has 19 heavy (non-hydrogen) atoms. The summed E-state index contributed by atoms with van der Waals surface area (Å²) in [7, 11) is 0. The highest BCUT2D eigenvalue weighted by atomic mass is 79.9. The molecule has 2 nitrogen and oxygen atoms in total. The molecule has 2 rings (SSSR count). The highest BCUT2D eigenvalue weighted by Crippen LogP contribution is 2.26. The first-order valence-electron chi connectivity index (χ1n) is 5.60. The van der Waals surface area contributed by atoms with Crippen molar-refractivity contribution in [2.75, 3.05) is 5.32 Å². The third-order valence-corrected chi connectivity index (χ3v) is 3.45. The Morgan fingerprint density at radius 1 is 1.21 bits per heavy atom. The topological polar surface area (TPSA) is 38.0 Å². The fraction of sp³-hybridized carbons (Fsp3) is 0.0714. The molecule has 3 N–H and O–H groups in total. The largest absolute Gasteiger partial charge is 0.389 e. The van der Waals surface area contributed by atoms with Gasteiger partial charge in [0.15, 0.2) is 0 Å². The molecule has 0 unspecified atom stereocenters. The zero-order valence-corrected chi connectivity index (χ0v) is 12.6. The Bertz CT molecular complexity index is 643. The van der Waals surface area contributed by atoms with Gasteiger partial charge in [-0.05, 0) is 42.8 Å². The summed E-state index contributed by atoms with van der Waals surface area (Å²) in [6, 6.07) is 10.4. The van der Waals surface area contributed by atoms with E-state index < -0.39 is 0 Å². The van der Waals surface area contributed by atoms with Gasteiger partial charge in [0.05, 0.1) is 5.69 Å². The van der Waals surface area contributed by atoms with Crippen LogP contribution in [0.15, 0.2) is 40.9 Å². The summed E-state index contributed by atoms with van der Waals surface area (Å²) in [5.74, 6) is -0.385. The van der Waals surface area contributed by atoms with E-state index in [2.05, 4.69) is 21.2 Å². The Balaban J connectivity index is 2.33. The van der Waals surface area contributed by atoms with Gasteiger partial charge < -0.3 is 11.1 Å². The molecule has 0 amide bonds. The van der Waals surface area contributed by atoms with E-state index in [-0.39, 0.29) is 10.8 Å². The van der Waals surface area contributed by atoms with Gasteiger partial charge in [-0.25, -0.2) is 4.39 Å². The van der Waals surface area contributed by atoms with Gasteiger partial charge in [0.2, 0.25) is 0 Å². The predicted molar refractivity (Wildman–Crippen MR) is 84.4 cm³/mol. The molecule has 0 saturated heterocycles. The lowest BCUT2D eigenvalue weighted by atomic mass is 10.1. The molecule has 2 aromatic carbocycles. The Kier molecular flexibility index (Phi) is 4.17. The van der Waals surface area contributed by atoms with Crippen LogP contribution in [0, 0.1) is 12.7 Å². The molecule has 0 spiro atoms. The number of rotatable bonds is 3. The van der Waals surface area contributed by atoms with E-state index in [0.29, 0.717) is 11.3 Å². The maximum Gasteiger partial charge on any atom is 0.147 e. The first-order chi connectivity index (χ1) is 8.97. The fourth-order valence-electron chi connectivity index (χ4n) is 1.64. The lowest BCUT2D eigenvalue weighted by Gasteiger charge is -2.11. The quantitative estimate of drug-likeness (QED) is 0.820. The average Bonchev–Trinajstić information content (AvgIpc) is 2.36. The number of nitrogens with two attached hydrogens (primary N) is 1. The third-order valence-electron chi connectivity index (χ3n) is 2.72. The van der Waals surface area contributed by atoms with E-state index in [1.54, 1.807) is 12.1 Å². The van der Waals surface area contributed by atoms with E-state index in [9.17, 15) is 4.39 Å². The summed E-state index contributed by atoms with van der Waals surface area (Å²) in [6.45, 7) is 1.95. The number of thiocarbonyl (C=S) groups is 1. The number of nitrogens with one attached hydrogen (secondary N) is 1. The second kappa shape index (κ2) is 5.67. The Morgan fingerprint density at radius 3 is 2.58 bits per heavy atom. The van der Waals surface area contributed by atoms with E-state index in [1.165, 1.54) is 6.07 Å². The van der Waals surface area contributed by atoms with Gasteiger partial charge in [0, 0.05) is 15.7 Å². The minimum Gasteiger partial charge on any atom is -0.389 e. The summed E-state index contributed by atoms with van der Waals surface area (Å²) in [5.41, 5.74) is 8.25. The van der Waals surface area contributed by atoms with Crippen LogP contribution in [-0.4, -0.2) is 4.99 Å². The molecule has 0 radical (unpaired) electrons. The normalized spacial score (nSPS) is 10.3. The van der Waals surface area contributed by atoms with E-state index in [0.717, 1.165) is 15.7 Å². The summed E-state index contributed by atoms with van der Waals surface area (Å²) in [5, 5.41) is 3.06. The third kappa shape index (κ3) is 3.30. The minimum atomic E-state index is -0.385. The summed E-state index contributed by atoms with van der Waals surface area (Å²) in [6.07, 6.45) is 0. The summed E-state index contributed by atoms with van der Waals surface area (Å²) in [4.78, 5) is 0.184. The van der Waals surface area contributed by atoms with Gasteiger partial charge >= 0.3 is 0 Å². The monoisotopic (exact) mass is 338 g/mol. The highest BCUT2D eigenvalue weighted by molar-refractivity contribution is 9.10. The predicted octanol–water partition coefficient (Wildman–Crippen LogP) is 4.27. The number of halogens is 2. The lowest BCUT2D eigenvalue weighted by Crippen LogP contribution is -2.10. The van der Waals surface area contributed by atoms with Crippen molar-refractivity contribution in [3.05, 3.63) is 57.8 Å². The van der Waals surface area contributed by atoms with Crippen LogP contribution in [0.4, 0.5) is 15.8 Å². The second-order valence-corrected chi connectivity index (χ2v) is 5.50. The SMILES string of the molecule is Cc1ccc(Br)cc1Nc1ccc(C(N)=S)cc1F. The zero-order chi connectivity index (χ0) is 14.0. The first-order valence-corrected chi connectivity index (χ1v) is 6.80. The van der Waals surface area contributed by atoms with Crippen molar-refractivity contribution in [3.8, 4) is 0 Å². The first kappa shape index (κ1) is 14.0. The molecule has 0 heterocycles. The molecule has 0 aliphatic carbocycles. The van der Waals surface area contributed by atoms with Crippen LogP contribution in [0.3, 0.4) is 0 Å². The number of benzene rings is 2. The maximum atomic E-state index is 13.9. The van der Waals surface area contributed by atoms with Crippen LogP contribution in [0.1, 0.15) is 11.1 Å². The second-order valence-electron chi connectivity index (χ2n) is 4.14. The van der Waals surface area contributed by atoms with Gasteiger partial charge in [0.25, 0.3) is 0 Å². The molecule has 98 valence electrons. The van der Waals surface area contributed by atoms with Crippen LogP contribution in [0.25, 0.3) is 0 Å². The molecular weight excluding hydrogens is 327 g/mol. The van der Waals surface area contributed by atoms with Crippen molar-refractivity contribution in [2.24, 2.45) is 5.73 Å². The van der Waals surface area contributed by atoms with Crippen molar-refractivity contribution in [1.29, 1.82) is 0 Å². The molecular formula is C14H12BrFN2S. The molecule has 0 aliphatic heterocycles. The number of hydrogen-bond acceptors (Lipinski definition) is 2. The summed E-state index contributed by atoms with van der Waals surface area (Å²) >= 11 is 8.21. The van der Waals surface area contributed by atoms with Crippen molar-refractivity contribution >= 4 is 44.5 Å². The van der Waals surface area contributed by atoms with E-state index in [1.807, 2.05) is 25.1 Å². The lowest BCUT2D eigenvalue weighted by molar-refractivity contribution is 0.631. The Labute approximate surface area is 124 Å². The Morgan fingerprint density at radius 2 is 1.95 bits per heavy atom. The van der Waals surface area contributed by atoms with Crippen molar-refractivity contribution in [2.45, 2.75) is 6.92 Å². The van der Waals surface area contributed by atoms with Crippen LogP contribution in [-0.2, 0) is 0 Å². The minimum absolute atomic E-state index is 0.184. The van der Waals surface area contributed by atoms with Gasteiger partial charge in [-0.2, -0.15) is 0 Å². The molecule has 2 aromatic rings. The Hall–Kier alpha value is -1.46. The van der Waals surface area contributed by atoms with Gasteiger partial charge in [-0.1, -0.05) is 34.2 Å². The molecule has 0 atom stereocenters. The van der Waals surface area contributed by atoms with Crippen LogP contribution in [0.5, 0.6) is 0 Å². The molecule has 0 aliphatic rings. The van der Waals surface area contributed by atoms with Crippen LogP contribution < -0.4 is 11.1 Å². The molecule has 0 saturated carbocycles. The van der Waals surface area contributed by atoms with Crippen LogP contribution in [0.2, 0.25) is 0 Å². The van der Waals surface area contributed by atoms with Crippen molar-refractivity contribution in [1.82, 2.24) is 0 Å². The van der Waals surface area contributed by atoms with Gasteiger partial charge in [0.1, 0.15) is 10.8 Å². The van der Waals surface area contributed by atoms with Gasteiger partial charge in [-0.3, -0.25) is 0 Å². The number of anilines is 2. The molecule has 0 fully saturated rings. The molecule has 0 aromatic heterocycles. The van der Waals surface area contributed by atoms with Crippen molar-refractivity contribution in [3.63, 3.8) is 0 Å². The molecule has 0 bridgehead atoms. The average molecular weight is 339 g/mol.